The number of carboxylic acids is 1. The highest BCUT2D eigenvalue weighted by molar-refractivity contribution is 8.01. The zero-order valence-corrected chi connectivity index (χ0v) is 22.7. The molecule has 0 bridgehead atoms. The molecule has 11 nitrogen and oxygen atoms in total. The number of benzene rings is 1. The molecule has 1 aromatic carbocycles. The Hall–Kier alpha value is -2.78. The number of aliphatic carboxylic acids is 1. The van der Waals surface area contributed by atoms with Gasteiger partial charge in [0, 0.05) is 22.6 Å². The predicted molar refractivity (Wildman–Crippen MR) is 142 cm³/mol. The van der Waals surface area contributed by atoms with Crippen LogP contribution in [0.2, 0.25) is 0 Å². The van der Waals surface area contributed by atoms with Gasteiger partial charge in [-0.3, -0.25) is 19.3 Å². The Bertz CT molecular complexity index is 1320. The van der Waals surface area contributed by atoms with Gasteiger partial charge in [-0.15, -0.1) is 22.0 Å². The molecule has 5 rings (SSSR count). The smallest absolute Gasteiger partial charge is 0.352 e. The fraction of sp³-hybridized carbons (Fsp3) is 0.417. The number of ketones is 1. The molecule has 0 aliphatic carbocycles. The maximum atomic E-state index is 13.0. The Morgan fingerprint density at radius 3 is 2.76 bits per heavy atom. The molecule has 2 fully saturated rings. The van der Waals surface area contributed by atoms with E-state index in [2.05, 4.69) is 20.8 Å². The number of thioether (sulfide) groups is 2. The van der Waals surface area contributed by atoms with E-state index in [1.807, 2.05) is 6.92 Å². The number of nitrogens with one attached hydrogen (secondary N) is 2. The number of carbonyl (C=O) groups excluding carboxylic acids is 3. The molecular weight excluding hydrogens is 550 g/mol. The minimum absolute atomic E-state index is 0.0847. The van der Waals surface area contributed by atoms with E-state index < -0.39 is 35.3 Å². The van der Waals surface area contributed by atoms with E-state index in [1.54, 1.807) is 18.2 Å². The van der Waals surface area contributed by atoms with Gasteiger partial charge in [0.1, 0.15) is 22.1 Å². The van der Waals surface area contributed by atoms with Crippen LogP contribution in [0.3, 0.4) is 0 Å². The molecule has 4 heterocycles. The first kappa shape index (κ1) is 26.8. The lowest BCUT2D eigenvalue weighted by Gasteiger charge is -2.49. The molecule has 0 spiro atoms. The molecular formula is C24H25N5O6S3. The summed E-state index contributed by atoms with van der Waals surface area (Å²) in [6.07, 6.45) is -0.111. The molecule has 3 aliphatic heterocycles. The van der Waals surface area contributed by atoms with Crippen molar-refractivity contribution in [1.29, 1.82) is 0 Å². The molecule has 0 saturated carbocycles. The maximum Gasteiger partial charge on any atom is 0.352 e. The second-order valence-electron chi connectivity index (χ2n) is 9.03. The number of fused-ring (bicyclic) bond motifs is 1. The molecule has 2 saturated heterocycles. The van der Waals surface area contributed by atoms with E-state index in [-0.39, 0.29) is 28.6 Å². The van der Waals surface area contributed by atoms with Crippen molar-refractivity contribution in [2.24, 2.45) is 0 Å². The van der Waals surface area contributed by atoms with Crippen LogP contribution < -0.4 is 10.6 Å². The Morgan fingerprint density at radius 2 is 2.08 bits per heavy atom. The lowest BCUT2D eigenvalue weighted by atomic mass is 9.94. The standard InChI is InChI=1S/C24H25N5O6S3/c1-11-27-28-24(38-11)37-10-12-9-36-22-16(21(33)29(22)17(12)23(34)35)26-20(32)19(31)14-6-3-2-5-13(14)18(30)15-7-4-8-25-15/h2-3,5-6,15-16,19,22,25,31H,4,7-10H2,1H3,(H,26,32)(H,34,35)/t15-,16?,19?,22-/m0/s1. The molecule has 0 radical (unpaired) electrons. The van der Waals surface area contributed by atoms with Gasteiger partial charge in [-0.25, -0.2) is 4.79 Å². The van der Waals surface area contributed by atoms with E-state index in [0.717, 1.165) is 18.0 Å². The number of aliphatic hydroxyl groups is 1. The number of nitrogens with zero attached hydrogens (tertiary/aromatic N) is 3. The summed E-state index contributed by atoms with van der Waals surface area (Å²) in [5, 5.41) is 34.6. The zero-order valence-electron chi connectivity index (χ0n) is 20.2. The minimum Gasteiger partial charge on any atom is -0.477 e. The van der Waals surface area contributed by atoms with E-state index in [4.69, 9.17) is 0 Å². The van der Waals surface area contributed by atoms with Crippen LogP contribution in [0, 0.1) is 6.92 Å². The van der Waals surface area contributed by atoms with E-state index in [9.17, 15) is 29.4 Å². The molecule has 3 aliphatic rings. The quantitative estimate of drug-likeness (QED) is 0.194. The molecule has 4 atom stereocenters. The number of hydrogen-bond acceptors (Lipinski definition) is 11. The van der Waals surface area contributed by atoms with Crippen LogP contribution in [0.4, 0.5) is 0 Å². The van der Waals surface area contributed by atoms with E-state index in [0.29, 0.717) is 27.8 Å². The van der Waals surface area contributed by atoms with Crippen LogP contribution in [-0.2, 0) is 14.4 Å². The average Bonchev–Trinajstić information content (AvgIpc) is 3.61. The topological polar surface area (TPSA) is 162 Å². The largest absolute Gasteiger partial charge is 0.477 e. The van der Waals surface area contributed by atoms with Crippen LogP contribution in [0.25, 0.3) is 0 Å². The average molecular weight is 576 g/mol. The SMILES string of the molecule is Cc1nnc(SCC2=C(C(=O)O)N3C(=O)C(NC(=O)C(O)c4ccccc4C(=O)[C@@H]4CCCN4)[C@@H]3SC2)s1. The number of amides is 2. The number of aliphatic hydroxyl groups excluding tert-OH is 1. The van der Waals surface area contributed by atoms with Crippen molar-refractivity contribution >= 4 is 58.4 Å². The summed E-state index contributed by atoms with van der Waals surface area (Å²) >= 11 is 4.12. The first-order valence-corrected chi connectivity index (χ1v) is 14.8. The van der Waals surface area contributed by atoms with E-state index >= 15 is 0 Å². The van der Waals surface area contributed by atoms with Crippen molar-refractivity contribution in [3.63, 3.8) is 0 Å². The van der Waals surface area contributed by atoms with Crippen molar-refractivity contribution < 1.29 is 29.4 Å². The molecule has 2 amide bonds. The molecule has 200 valence electrons. The number of β-lactam (4-membered cyclic amide) rings is 1. The molecule has 4 N–H and O–H groups in total. The molecule has 2 aromatic rings. The molecule has 14 heteroatoms. The highest BCUT2D eigenvalue weighted by Gasteiger charge is 2.54. The third kappa shape index (κ3) is 5.10. The van der Waals surface area contributed by atoms with E-state index in [1.165, 1.54) is 45.8 Å². The van der Waals surface area contributed by atoms with Crippen LogP contribution in [0.5, 0.6) is 0 Å². The molecule has 2 unspecified atom stereocenters. The fourth-order valence-electron chi connectivity index (χ4n) is 4.71. The predicted octanol–water partition coefficient (Wildman–Crippen LogP) is 1.35. The molecule has 38 heavy (non-hydrogen) atoms. The Balaban J connectivity index is 1.28. The summed E-state index contributed by atoms with van der Waals surface area (Å²) in [6.45, 7) is 2.56. The monoisotopic (exact) mass is 575 g/mol. The molecule has 1 aromatic heterocycles. The minimum atomic E-state index is -1.66. The summed E-state index contributed by atoms with van der Waals surface area (Å²) < 4.78 is 0.711. The van der Waals surface area contributed by atoms with Gasteiger partial charge < -0.3 is 20.8 Å². The summed E-state index contributed by atoms with van der Waals surface area (Å²) in [6, 6.07) is 5.04. The highest BCUT2D eigenvalue weighted by Crippen LogP contribution is 2.42. The van der Waals surface area contributed by atoms with Crippen LogP contribution >= 0.6 is 34.9 Å². The van der Waals surface area contributed by atoms with Crippen LogP contribution in [-0.4, -0.2) is 84.4 Å². The summed E-state index contributed by atoms with van der Waals surface area (Å²) in [4.78, 5) is 52.2. The Morgan fingerprint density at radius 1 is 1.29 bits per heavy atom. The van der Waals surface area contributed by atoms with Crippen LogP contribution in [0.1, 0.15) is 39.9 Å². The van der Waals surface area contributed by atoms with Gasteiger partial charge in [-0.1, -0.05) is 47.4 Å². The van der Waals surface area contributed by atoms with Crippen molar-refractivity contribution in [2.45, 2.75) is 47.7 Å². The summed E-state index contributed by atoms with van der Waals surface area (Å²) in [7, 11) is 0. The number of hydrogen-bond donors (Lipinski definition) is 4. The number of Topliss-reactive ketones (excluding diaryl/α,β-unsaturated/α-hetero) is 1. The zero-order chi connectivity index (χ0) is 27.0. The van der Waals surface area contributed by atoms with Crippen LogP contribution in [0.15, 0.2) is 39.9 Å². The van der Waals surface area contributed by atoms with Gasteiger partial charge in [-0.2, -0.15) is 0 Å². The number of carbonyl (C=O) groups is 4. The third-order valence-electron chi connectivity index (χ3n) is 6.57. The number of aryl methyl sites for hydroxylation is 1. The Kier molecular flexibility index (Phi) is 7.86. The second kappa shape index (κ2) is 11.1. The van der Waals surface area contributed by atoms with Crippen molar-refractivity contribution in [3.05, 3.63) is 51.7 Å². The van der Waals surface area contributed by atoms with Gasteiger partial charge in [0.05, 0.1) is 6.04 Å². The third-order valence-corrected chi connectivity index (χ3v) is 9.97. The normalized spacial score (nSPS) is 23.6. The fourth-order valence-corrected chi connectivity index (χ4v) is 8.01. The number of carboxylic acid groups (broad SMARTS) is 1. The van der Waals surface area contributed by atoms with Crippen molar-refractivity contribution in [1.82, 2.24) is 25.7 Å². The Labute approximate surface area is 230 Å². The van der Waals surface area contributed by atoms with Gasteiger partial charge in [-0.05, 0) is 31.9 Å². The number of aromatic nitrogens is 2. The highest BCUT2D eigenvalue weighted by atomic mass is 32.2. The first-order valence-electron chi connectivity index (χ1n) is 11.9. The lowest BCUT2D eigenvalue weighted by molar-refractivity contribution is -0.151. The summed E-state index contributed by atoms with van der Waals surface area (Å²) in [5.41, 5.74) is 0.925. The second-order valence-corrected chi connectivity index (χ2v) is 12.5. The maximum absolute atomic E-state index is 13.0. The van der Waals surface area contributed by atoms with Gasteiger partial charge >= 0.3 is 5.97 Å². The lowest BCUT2D eigenvalue weighted by Crippen LogP contribution is -2.70. The number of rotatable bonds is 9. The van der Waals surface area contributed by atoms with Gasteiger partial charge in [0.25, 0.3) is 11.8 Å². The first-order chi connectivity index (χ1) is 18.3. The van der Waals surface area contributed by atoms with Gasteiger partial charge in [0.2, 0.25) is 0 Å². The van der Waals surface area contributed by atoms with Crippen molar-refractivity contribution in [2.75, 3.05) is 18.1 Å². The van der Waals surface area contributed by atoms with Crippen molar-refractivity contribution in [3.8, 4) is 0 Å². The summed E-state index contributed by atoms with van der Waals surface area (Å²) in [5.74, 6) is -2.09. The van der Waals surface area contributed by atoms with Gasteiger partial charge in [0.15, 0.2) is 16.2 Å².